The summed E-state index contributed by atoms with van der Waals surface area (Å²) in [6.45, 7) is 0.317. The van der Waals surface area contributed by atoms with Gasteiger partial charge in [-0.25, -0.2) is 0 Å². The molecule has 0 heterocycles. The molecule has 0 unspecified atom stereocenters. The summed E-state index contributed by atoms with van der Waals surface area (Å²) < 4.78 is 39.1. The number of rotatable bonds is 5. The smallest absolute Gasteiger partial charge is 0.323 e. The Balaban J connectivity index is 2.05. The fraction of sp³-hybridized carbons (Fsp3) is 0.235. The van der Waals surface area contributed by atoms with E-state index in [1.165, 1.54) is 12.1 Å². The van der Waals surface area contributed by atoms with Crippen LogP contribution in [0.25, 0.3) is 0 Å². The molecule has 0 spiro atoms. The van der Waals surface area contributed by atoms with E-state index >= 15 is 0 Å². The topological polar surface area (TPSA) is 32.3 Å². The summed E-state index contributed by atoms with van der Waals surface area (Å²) in [6.07, 6.45) is -4.61. The second kappa shape index (κ2) is 8.08. The molecule has 2 aromatic carbocycles. The van der Waals surface area contributed by atoms with Gasteiger partial charge in [-0.3, -0.25) is 9.69 Å². The van der Waals surface area contributed by atoms with E-state index in [2.05, 4.69) is 5.32 Å². The molecule has 0 saturated carbocycles. The number of halogens is 5. The molecule has 2 rings (SSSR count). The number of hydrogen-bond acceptors (Lipinski definition) is 2. The molecular weight excluding hydrogens is 376 g/mol. The zero-order valence-electron chi connectivity index (χ0n) is 13.2. The summed E-state index contributed by atoms with van der Waals surface area (Å²) >= 11 is 11.7. The predicted octanol–water partition coefficient (Wildman–Crippen LogP) is 5.08. The molecule has 25 heavy (non-hydrogen) atoms. The summed E-state index contributed by atoms with van der Waals surface area (Å²) in [5.41, 5.74) is -0.528. The number of nitrogens with one attached hydrogen (secondary N) is 1. The Morgan fingerprint density at radius 3 is 2.48 bits per heavy atom. The first-order valence-electron chi connectivity index (χ1n) is 7.25. The molecule has 3 nitrogen and oxygen atoms in total. The van der Waals surface area contributed by atoms with E-state index in [0.717, 1.165) is 11.6 Å². The van der Waals surface area contributed by atoms with E-state index in [1.807, 2.05) is 6.07 Å². The maximum Gasteiger partial charge on any atom is 0.418 e. The lowest BCUT2D eigenvalue weighted by Crippen LogP contribution is -2.30. The molecule has 0 fully saturated rings. The number of nitrogens with zero attached hydrogens (tertiary/aromatic N) is 1. The molecule has 2 aromatic rings. The van der Waals surface area contributed by atoms with Crippen LogP contribution in [0.1, 0.15) is 11.1 Å². The van der Waals surface area contributed by atoms with Crippen LogP contribution in [0.2, 0.25) is 10.0 Å². The minimum Gasteiger partial charge on any atom is -0.323 e. The van der Waals surface area contributed by atoms with Crippen LogP contribution < -0.4 is 5.32 Å². The Labute approximate surface area is 153 Å². The lowest BCUT2D eigenvalue weighted by atomic mass is 10.1. The van der Waals surface area contributed by atoms with E-state index in [-0.39, 0.29) is 11.6 Å². The third-order valence-corrected chi connectivity index (χ3v) is 3.89. The Hall–Kier alpha value is -1.76. The van der Waals surface area contributed by atoms with E-state index < -0.39 is 23.3 Å². The molecule has 0 aromatic heterocycles. The zero-order valence-corrected chi connectivity index (χ0v) is 14.7. The summed E-state index contributed by atoms with van der Waals surface area (Å²) in [5.74, 6) is -0.594. The van der Waals surface area contributed by atoms with Gasteiger partial charge in [-0.1, -0.05) is 41.4 Å². The standard InChI is InChI=1S/C17H15Cl2F3N2O/c1-24(9-11-4-2-5-12(18)8-11)10-15(25)23-16-13(17(20,21)22)6-3-7-14(16)19/h2-8H,9-10H2,1H3,(H,23,25). The number of para-hydroxylation sites is 1. The molecule has 0 aliphatic rings. The Kier molecular flexibility index (Phi) is 6.32. The molecular formula is C17H15Cl2F3N2O. The van der Waals surface area contributed by atoms with Crippen molar-refractivity contribution in [1.29, 1.82) is 0 Å². The average molecular weight is 391 g/mol. The first kappa shape index (κ1) is 19.6. The fourth-order valence-corrected chi connectivity index (χ4v) is 2.75. The van der Waals surface area contributed by atoms with E-state index in [1.54, 1.807) is 30.1 Å². The summed E-state index contributed by atoms with van der Waals surface area (Å²) in [6, 6.07) is 10.5. The van der Waals surface area contributed by atoms with Crippen LogP contribution in [0.5, 0.6) is 0 Å². The van der Waals surface area contributed by atoms with Crippen molar-refractivity contribution in [3.8, 4) is 0 Å². The van der Waals surface area contributed by atoms with Gasteiger partial charge in [-0.05, 0) is 36.9 Å². The maximum atomic E-state index is 13.0. The predicted molar refractivity (Wildman–Crippen MR) is 92.9 cm³/mol. The van der Waals surface area contributed by atoms with E-state index in [4.69, 9.17) is 23.2 Å². The molecule has 0 saturated heterocycles. The van der Waals surface area contributed by atoms with Crippen molar-refractivity contribution in [2.24, 2.45) is 0 Å². The van der Waals surface area contributed by atoms with Gasteiger partial charge in [0, 0.05) is 11.6 Å². The zero-order chi connectivity index (χ0) is 18.6. The van der Waals surface area contributed by atoms with E-state index in [9.17, 15) is 18.0 Å². The SMILES string of the molecule is CN(CC(=O)Nc1c(Cl)cccc1C(F)(F)F)Cc1cccc(Cl)c1. The van der Waals surface area contributed by atoms with Crippen LogP contribution in [0.15, 0.2) is 42.5 Å². The lowest BCUT2D eigenvalue weighted by Gasteiger charge is -2.19. The van der Waals surface area contributed by atoms with Gasteiger partial charge in [0.05, 0.1) is 22.8 Å². The molecule has 0 aliphatic carbocycles. The number of carbonyl (C=O) groups is 1. The molecule has 1 amide bonds. The highest BCUT2D eigenvalue weighted by Gasteiger charge is 2.34. The van der Waals surface area contributed by atoms with Crippen LogP contribution >= 0.6 is 23.2 Å². The van der Waals surface area contributed by atoms with Gasteiger partial charge in [0.25, 0.3) is 0 Å². The van der Waals surface area contributed by atoms with Crippen molar-refractivity contribution in [2.75, 3.05) is 18.9 Å². The third-order valence-electron chi connectivity index (χ3n) is 3.34. The van der Waals surface area contributed by atoms with E-state index in [0.29, 0.717) is 11.6 Å². The molecule has 0 radical (unpaired) electrons. The molecule has 1 N–H and O–H groups in total. The monoisotopic (exact) mass is 390 g/mol. The minimum atomic E-state index is -4.61. The van der Waals surface area contributed by atoms with Crippen molar-refractivity contribution in [3.63, 3.8) is 0 Å². The van der Waals surface area contributed by atoms with Crippen LogP contribution in [0.3, 0.4) is 0 Å². The number of likely N-dealkylation sites (N-methyl/N-ethyl adjacent to an activating group) is 1. The quantitative estimate of drug-likeness (QED) is 0.771. The number of carbonyl (C=O) groups excluding carboxylic acids is 1. The second-order valence-corrected chi connectivity index (χ2v) is 6.35. The summed E-state index contributed by atoms with van der Waals surface area (Å²) in [7, 11) is 1.68. The van der Waals surface area contributed by atoms with Crippen molar-refractivity contribution >= 4 is 34.8 Å². The number of anilines is 1. The number of amides is 1. The van der Waals surface area contributed by atoms with Gasteiger partial charge in [0.1, 0.15) is 0 Å². The fourth-order valence-electron chi connectivity index (χ4n) is 2.31. The van der Waals surface area contributed by atoms with Crippen LogP contribution in [0.4, 0.5) is 18.9 Å². The van der Waals surface area contributed by atoms with Crippen molar-refractivity contribution in [1.82, 2.24) is 4.90 Å². The maximum absolute atomic E-state index is 13.0. The van der Waals surface area contributed by atoms with Gasteiger partial charge in [0.15, 0.2) is 0 Å². The summed E-state index contributed by atoms with van der Waals surface area (Å²) in [4.78, 5) is 13.8. The number of alkyl halides is 3. The van der Waals surface area contributed by atoms with Gasteiger partial charge in [-0.2, -0.15) is 13.2 Å². The van der Waals surface area contributed by atoms with Crippen molar-refractivity contribution in [3.05, 3.63) is 63.6 Å². The molecule has 0 bridgehead atoms. The first-order chi connectivity index (χ1) is 11.7. The average Bonchev–Trinajstić information content (AvgIpc) is 2.47. The van der Waals surface area contributed by atoms with Crippen molar-refractivity contribution in [2.45, 2.75) is 12.7 Å². The summed E-state index contributed by atoms with van der Waals surface area (Å²) in [5, 5.41) is 2.66. The van der Waals surface area contributed by atoms with Crippen LogP contribution in [0, 0.1) is 0 Å². The molecule has 0 atom stereocenters. The molecule has 8 heteroatoms. The largest absolute Gasteiger partial charge is 0.418 e. The highest BCUT2D eigenvalue weighted by molar-refractivity contribution is 6.34. The Morgan fingerprint density at radius 2 is 1.84 bits per heavy atom. The van der Waals surface area contributed by atoms with Gasteiger partial charge < -0.3 is 5.32 Å². The normalized spacial score (nSPS) is 11.6. The third kappa shape index (κ3) is 5.63. The Morgan fingerprint density at radius 1 is 1.16 bits per heavy atom. The first-order valence-corrected chi connectivity index (χ1v) is 8.01. The number of hydrogen-bond donors (Lipinski definition) is 1. The number of benzene rings is 2. The van der Waals surface area contributed by atoms with Gasteiger partial charge in [0.2, 0.25) is 5.91 Å². The molecule has 134 valence electrons. The van der Waals surface area contributed by atoms with Gasteiger partial charge in [-0.15, -0.1) is 0 Å². The second-order valence-electron chi connectivity index (χ2n) is 5.51. The minimum absolute atomic E-state index is 0.102. The van der Waals surface area contributed by atoms with Crippen LogP contribution in [-0.4, -0.2) is 24.4 Å². The Bertz CT molecular complexity index is 766. The molecule has 0 aliphatic heterocycles. The van der Waals surface area contributed by atoms with Crippen LogP contribution in [-0.2, 0) is 17.5 Å². The van der Waals surface area contributed by atoms with Crippen molar-refractivity contribution < 1.29 is 18.0 Å². The highest BCUT2D eigenvalue weighted by Crippen LogP contribution is 2.38. The van der Waals surface area contributed by atoms with Gasteiger partial charge >= 0.3 is 6.18 Å². The highest BCUT2D eigenvalue weighted by atomic mass is 35.5. The lowest BCUT2D eigenvalue weighted by molar-refractivity contribution is -0.137.